The Labute approximate surface area is 234 Å². The lowest BCUT2D eigenvalue weighted by Crippen LogP contribution is -2.40. The van der Waals surface area contributed by atoms with E-state index in [9.17, 15) is 13.2 Å². The van der Waals surface area contributed by atoms with Crippen LogP contribution in [-0.4, -0.2) is 74.1 Å². The highest BCUT2D eigenvalue weighted by molar-refractivity contribution is 7.89. The predicted octanol–water partition coefficient (Wildman–Crippen LogP) is 3.78. The molecule has 1 aromatic heterocycles. The van der Waals surface area contributed by atoms with Gasteiger partial charge in [-0.25, -0.2) is 8.42 Å². The number of amides is 1. The number of nitrogens with one attached hydrogen (secondary N) is 1. The number of nitrogens with zero attached hydrogens (tertiary/aromatic N) is 4. The minimum Gasteiger partial charge on any atom is -0.497 e. The number of anilines is 1. The second-order valence-electron chi connectivity index (χ2n) is 10.1. The number of piperidine rings is 2. The van der Waals surface area contributed by atoms with Gasteiger partial charge in [0.1, 0.15) is 11.5 Å². The summed E-state index contributed by atoms with van der Waals surface area (Å²) in [5.74, 6) is 1.66. The monoisotopic (exact) mass is 569 g/mol. The van der Waals surface area contributed by atoms with Crippen molar-refractivity contribution in [2.45, 2.75) is 43.5 Å². The quantitative estimate of drug-likeness (QED) is 0.410. The first-order chi connectivity index (χ1) is 19.4. The molecule has 0 spiro atoms. The molecule has 40 heavy (non-hydrogen) atoms. The summed E-state index contributed by atoms with van der Waals surface area (Å²) < 4.78 is 44.0. The summed E-state index contributed by atoms with van der Waals surface area (Å²) in [7, 11) is -0.537. The Morgan fingerprint density at radius 2 is 1.80 bits per heavy atom. The first-order valence-corrected chi connectivity index (χ1v) is 15.0. The van der Waals surface area contributed by atoms with Crippen LogP contribution < -0.4 is 14.8 Å². The molecule has 5 rings (SSSR count). The van der Waals surface area contributed by atoms with E-state index in [0.717, 1.165) is 50.0 Å². The van der Waals surface area contributed by atoms with E-state index in [1.165, 1.54) is 23.5 Å². The minimum absolute atomic E-state index is 0.153. The molecule has 1 atom stereocenters. The molecule has 1 N–H and O–H groups in total. The Morgan fingerprint density at radius 1 is 1.02 bits per heavy atom. The van der Waals surface area contributed by atoms with Crippen LogP contribution in [0.2, 0.25) is 0 Å². The van der Waals surface area contributed by atoms with Gasteiger partial charge in [-0.2, -0.15) is 9.29 Å². The number of rotatable bonds is 9. The van der Waals surface area contributed by atoms with E-state index in [-0.39, 0.29) is 16.7 Å². The minimum atomic E-state index is -3.65. The van der Waals surface area contributed by atoms with Crippen LogP contribution in [0.4, 0.5) is 5.69 Å². The maximum atomic E-state index is 13.3. The molecule has 0 saturated carbocycles. The van der Waals surface area contributed by atoms with E-state index in [2.05, 4.69) is 20.4 Å². The van der Waals surface area contributed by atoms with Gasteiger partial charge in [0, 0.05) is 25.2 Å². The molecule has 2 aliphatic rings. The Hall–Kier alpha value is -3.48. The lowest BCUT2D eigenvalue weighted by molar-refractivity contribution is -0.121. The number of aromatic nitrogens is 2. The molecule has 0 bridgehead atoms. The van der Waals surface area contributed by atoms with Gasteiger partial charge in [-0.05, 0) is 74.7 Å². The molecule has 0 aliphatic carbocycles. The number of carbonyl (C=O) groups is 1. The third-order valence-electron chi connectivity index (χ3n) is 7.43. The van der Waals surface area contributed by atoms with E-state index in [1.807, 2.05) is 24.3 Å². The first-order valence-electron chi connectivity index (χ1n) is 13.6. The third kappa shape index (κ3) is 6.29. The van der Waals surface area contributed by atoms with Crippen LogP contribution in [0.25, 0.3) is 11.4 Å². The van der Waals surface area contributed by atoms with Crippen molar-refractivity contribution in [1.29, 1.82) is 0 Å². The molecule has 0 radical (unpaired) electrons. The van der Waals surface area contributed by atoms with Crippen molar-refractivity contribution in [2.75, 3.05) is 45.7 Å². The summed E-state index contributed by atoms with van der Waals surface area (Å²) in [6, 6.07) is 12.0. The van der Waals surface area contributed by atoms with Crippen molar-refractivity contribution in [3.05, 3.63) is 48.4 Å². The number of benzene rings is 2. The molecule has 2 saturated heterocycles. The number of ether oxygens (including phenoxy) is 2. The van der Waals surface area contributed by atoms with Gasteiger partial charge in [-0.1, -0.05) is 11.6 Å². The largest absolute Gasteiger partial charge is 0.497 e. The average molecular weight is 570 g/mol. The van der Waals surface area contributed by atoms with E-state index in [4.69, 9.17) is 14.0 Å². The SMILES string of the molecule is COc1ccc(-c2noc(CN3CCCC(C(=O)Nc4cc(S(=O)(=O)N5CCCCC5)ccc4OC)C3)n2)cc1. The molecular formula is C28H35N5O6S. The zero-order valence-corrected chi connectivity index (χ0v) is 23.7. The van der Waals surface area contributed by atoms with Crippen LogP contribution in [0, 0.1) is 5.92 Å². The standard InChI is InChI=1S/C28H35N5O6S/c1-37-22-10-8-20(9-11-22)27-30-26(39-31-27)19-32-14-6-7-21(18-32)28(34)29-24-17-23(12-13-25(24)38-2)40(35,36)33-15-4-3-5-16-33/h8-13,17,21H,3-7,14-16,18-19H2,1-2H3,(H,29,34). The summed E-state index contributed by atoms with van der Waals surface area (Å²) in [6.45, 7) is 2.77. The highest BCUT2D eigenvalue weighted by atomic mass is 32.2. The molecule has 12 heteroatoms. The summed E-state index contributed by atoms with van der Waals surface area (Å²) in [5.41, 5.74) is 1.17. The van der Waals surface area contributed by atoms with Crippen LogP contribution >= 0.6 is 0 Å². The van der Waals surface area contributed by atoms with E-state index >= 15 is 0 Å². The highest BCUT2D eigenvalue weighted by Crippen LogP contribution is 2.31. The molecule has 2 fully saturated rings. The summed E-state index contributed by atoms with van der Waals surface area (Å²) in [5, 5.41) is 7.03. The van der Waals surface area contributed by atoms with Crippen molar-refractivity contribution in [3.63, 3.8) is 0 Å². The number of methoxy groups -OCH3 is 2. The van der Waals surface area contributed by atoms with Crippen LogP contribution in [-0.2, 0) is 21.4 Å². The number of carbonyl (C=O) groups excluding carboxylic acids is 1. The Bertz CT molecular complexity index is 1420. The van der Waals surface area contributed by atoms with Gasteiger partial charge >= 0.3 is 0 Å². The number of hydrogen-bond donors (Lipinski definition) is 1. The molecular weight excluding hydrogens is 534 g/mol. The van der Waals surface area contributed by atoms with Gasteiger partial charge in [0.25, 0.3) is 0 Å². The molecule has 214 valence electrons. The van der Waals surface area contributed by atoms with Crippen LogP contribution in [0.3, 0.4) is 0 Å². The molecule has 3 aromatic rings. The zero-order valence-electron chi connectivity index (χ0n) is 22.8. The van der Waals surface area contributed by atoms with Crippen molar-refractivity contribution >= 4 is 21.6 Å². The van der Waals surface area contributed by atoms with Crippen molar-refractivity contribution in [1.82, 2.24) is 19.3 Å². The topological polar surface area (TPSA) is 127 Å². The fourth-order valence-electron chi connectivity index (χ4n) is 5.22. The molecule has 2 aromatic carbocycles. The van der Waals surface area contributed by atoms with Crippen LogP contribution in [0.5, 0.6) is 11.5 Å². The Morgan fingerprint density at radius 3 is 2.52 bits per heavy atom. The van der Waals surface area contributed by atoms with Crippen LogP contribution in [0.15, 0.2) is 51.9 Å². The second-order valence-corrected chi connectivity index (χ2v) is 12.1. The molecule has 3 heterocycles. The van der Waals surface area contributed by atoms with Gasteiger partial charge in [-0.3, -0.25) is 9.69 Å². The molecule has 1 unspecified atom stereocenters. The van der Waals surface area contributed by atoms with Crippen molar-refractivity contribution < 1.29 is 27.2 Å². The molecule has 1 amide bonds. The zero-order chi connectivity index (χ0) is 28.1. The normalized spacial score (nSPS) is 18.8. The number of sulfonamides is 1. The highest BCUT2D eigenvalue weighted by Gasteiger charge is 2.30. The maximum absolute atomic E-state index is 13.3. The summed E-state index contributed by atoms with van der Waals surface area (Å²) >= 11 is 0. The number of likely N-dealkylation sites (tertiary alicyclic amines) is 1. The lowest BCUT2D eigenvalue weighted by Gasteiger charge is -2.31. The van der Waals surface area contributed by atoms with E-state index in [1.54, 1.807) is 13.2 Å². The Kier molecular flexibility index (Phi) is 8.67. The second kappa shape index (κ2) is 12.4. The van der Waals surface area contributed by atoms with Gasteiger partial charge < -0.3 is 19.3 Å². The van der Waals surface area contributed by atoms with E-state index < -0.39 is 10.0 Å². The maximum Gasteiger partial charge on any atom is 0.243 e. The van der Waals surface area contributed by atoms with Crippen LogP contribution in [0.1, 0.15) is 38.0 Å². The fourth-order valence-corrected chi connectivity index (χ4v) is 6.76. The van der Waals surface area contributed by atoms with Gasteiger partial charge in [0.15, 0.2) is 0 Å². The van der Waals surface area contributed by atoms with Crippen molar-refractivity contribution in [2.24, 2.45) is 5.92 Å². The van der Waals surface area contributed by atoms with E-state index in [0.29, 0.717) is 49.3 Å². The smallest absolute Gasteiger partial charge is 0.243 e. The number of hydrogen-bond acceptors (Lipinski definition) is 9. The van der Waals surface area contributed by atoms with Gasteiger partial charge in [0.2, 0.25) is 27.6 Å². The third-order valence-corrected chi connectivity index (χ3v) is 9.33. The lowest BCUT2D eigenvalue weighted by atomic mass is 9.97. The Balaban J connectivity index is 1.24. The molecule has 2 aliphatic heterocycles. The van der Waals surface area contributed by atoms with Gasteiger partial charge in [0.05, 0.1) is 37.3 Å². The van der Waals surface area contributed by atoms with Crippen molar-refractivity contribution in [3.8, 4) is 22.9 Å². The average Bonchev–Trinajstić information content (AvgIpc) is 3.46. The van der Waals surface area contributed by atoms with Gasteiger partial charge in [-0.15, -0.1) is 0 Å². The fraction of sp³-hybridized carbons (Fsp3) is 0.464. The molecule has 11 nitrogen and oxygen atoms in total. The summed E-state index contributed by atoms with van der Waals surface area (Å²) in [4.78, 5) is 20.1. The summed E-state index contributed by atoms with van der Waals surface area (Å²) in [6.07, 6.45) is 4.28. The first kappa shape index (κ1) is 28.1. The predicted molar refractivity (Wildman–Crippen MR) is 149 cm³/mol.